The van der Waals surface area contributed by atoms with Gasteiger partial charge in [-0.3, -0.25) is 9.58 Å². The van der Waals surface area contributed by atoms with Crippen LogP contribution in [0.2, 0.25) is 0 Å². The van der Waals surface area contributed by atoms with Crippen molar-refractivity contribution in [2.45, 2.75) is 32.9 Å². The third kappa shape index (κ3) is 4.20. The minimum atomic E-state index is 0.248. The molecule has 0 amide bonds. The Kier molecular flexibility index (Phi) is 5.28. The minimum absolute atomic E-state index is 0.248. The van der Waals surface area contributed by atoms with Crippen molar-refractivity contribution in [3.05, 3.63) is 12.3 Å². The lowest BCUT2D eigenvalue weighted by atomic mass is 10.3. The predicted octanol–water partition coefficient (Wildman–Crippen LogP) is 0.558. The Bertz CT molecular complexity index is 298. The van der Waals surface area contributed by atoms with E-state index in [1.54, 1.807) is 6.07 Å². The zero-order chi connectivity index (χ0) is 12.0. The summed E-state index contributed by atoms with van der Waals surface area (Å²) in [6.07, 6.45) is 2.71. The van der Waals surface area contributed by atoms with Crippen LogP contribution < -0.4 is 5.73 Å². The molecule has 0 unspecified atom stereocenters. The van der Waals surface area contributed by atoms with Gasteiger partial charge in [0.2, 0.25) is 0 Å². The van der Waals surface area contributed by atoms with Gasteiger partial charge in [-0.25, -0.2) is 0 Å². The molecule has 0 aliphatic rings. The number of anilines is 1. The van der Waals surface area contributed by atoms with Crippen LogP contribution in [-0.2, 0) is 6.54 Å². The lowest BCUT2D eigenvalue weighted by Gasteiger charge is -2.25. The molecule has 92 valence electrons. The number of aromatic nitrogens is 2. The van der Waals surface area contributed by atoms with Gasteiger partial charge in [0.15, 0.2) is 0 Å². The van der Waals surface area contributed by atoms with E-state index in [9.17, 15) is 0 Å². The normalized spacial score (nSPS) is 11.6. The largest absolute Gasteiger partial charge is 0.396 e. The number of rotatable bonds is 7. The third-order valence-electron chi connectivity index (χ3n) is 2.61. The smallest absolute Gasteiger partial charge is 0.145 e. The summed E-state index contributed by atoms with van der Waals surface area (Å²) in [5.74, 6) is 0.562. The summed E-state index contributed by atoms with van der Waals surface area (Å²) in [7, 11) is 0. The zero-order valence-corrected chi connectivity index (χ0v) is 10.1. The van der Waals surface area contributed by atoms with Crippen molar-refractivity contribution in [1.29, 1.82) is 0 Å². The highest BCUT2D eigenvalue weighted by atomic mass is 16.3. The van der Waals surface area contributed by atoms with Gasteiger partial charge in [-0.1, -0.05) is 0 Å². The Hall–Kier alpha value is -1.07. The molecule has 1 heterocycles. The monoisotopic (exact) mass is 226 g/mol. The van der Waals surface area contributed by atoms with Crippen molar-refractivity contribution in [3.63, 3.8) is 0 Å². The van der Waals surface area contributed by atoms with Gasteiger partial charge in [0, 0.05) is 31.9 Å². The standard InChI is InChI=1S/C11H22N4O/c1-10(2)14(5-3-9-16)7-8-15-6-4-11(12)13-15/h4,6,10,16H,3,5,7-9H2,1-2H3,(H2,12,13). The second-order valence-electron chi connectivity index (χ2n) is 4.21. The summed E-state index contributed by atoms with van der Waals surface area (Å²) >= 11 is 0. The fraction of sp³-hybridized carbons (Fsp3) is 0.727. The molecule has 0 saturated heterocycles. The molecule has 0 atom stereocenters. The molecule has 1 aromatic heterocycles. The zero-order valence-electron chi connectivity index (χ0n) is 10.1. The van der Waals surface area contributed by atoms with E-state index >= 15 is 0 Å². The van der Waals surface area contributed by atoms with E-state index in [0.29, 0.717) is 11.9 Å². The fourth-order valence-corrected chi connectivity index (χ4v) is 1.63. The van der Waals surface area contributed by atoms with Gasteiger partial charge in [-0.05, 0) is 26.3 Å². The van der Waals surface area contributed by atoms with Gasteiger partial charge in [-0.2, -0.15) is 5.10 Å². The van der Waals surface area contributed by atoms with Crippen LogP contribution in [0.3, 0.4) is 0 Å². The molecule has 0 aliphatic heterocycles. The van der Waals surface area contributed by atoms with Gasteiger partial charge in [0.25, 0.3) is 0 Å². The number of nitrogens with two attached hydrogens (primary N) is 1. The molecule has 0 aromatic carbocycles. The molecule has 16 heavy (non-hydrogen) atoms. The Morgan fingerprint density at radius 1 is 1.50 bits per heavy atom. The lowest BCUT2D eigenvalue weighted by molar-refractivity contribution is 0.184. The highest BCUT2D eigenvalue weighted by molar-refractivity contribution is 5.23. The van der Waals surface area contributed by atoms with E-state index in [2.05, 4.69) is 23.8 Å². The van der Waals surface area contributed by atoms with Crippen LogP contribution in [0.4, 0.5) is 5.82 Å². The molecular weight excluding hydrogens is 204 g/mol. The SMILES string of the molecule is CC(C)N(CCCO)CCn1ccc(N)n1. The summed E-state index contributed by atoms with van der Waals surface area (Å²) in [4.78, 5) is 2.33. The third-order valence-corrected chi connectivity index (χ3v) is 2.61. The highest BCUT2D eigenvalue weighted by Gasteiger charge is 2.08. The Balaban J connectivity index is 2.37. The van der Waals surface area contributed by atoms with Crippen LogP contribution in [0.1, 0.15) is 20.3 Å². The summed E-state index contributed by atoms with van der Waals surface area (Å²) < 4.78 is 1.85. The van der Waals surface area contributed by atoms with Crippen LogP contribution in [0.5, 0.6) is 0 Å². The van der Waals surface area contributed by atoms with E-state index in [1.807, 2.05) is 10.9 Å². The first-order valence-corrected chi connectivity index (χ1v) is 5.77. The summed E-state index contributed by atoms with van der Waals surface area (Å²) in [6.45, 7) is 7.26. The van der Waals surface area contributed by atoms with Crippen molar-refractivity contribution >= 4 is 5.82 Å². The molecule has 1 aromatic rings. The van der Waals surface area contributed by atoms with Crippen molar-refractivity contribution < 1.29 is 5.11 Å². The molecule has 3 N–H and O–H groups in total. The number of nitrogen functional groups attached to an aromatic ring is 1. The minimum Gasteiger partial charge on any atom is -0.396 e. The van der Waals surface area contributed by atoms with Crippen molar-refractivity contribution in [2.24, 2.45) is 0 Å². The van der Waals surface area contributed by atoms with Gasteiger partial charge < -0.3 is 10.8 Å². The Morgan fingerprint density at radius 3 is 2.75 bits per heavy atom. The van der Waals surface area contributed by atoms with E-state index in [4.69, 9.17) is 10.8 Å². The van der Waals surface area contributed by atoms with Crippen molar-refractivity contribution in [3.8, 4) is 0 Å². The first kappa shape index (κ1) is 13.0. The van der Waals surface area contributed by atoms with Crippen molar-refractivity contribution in [1.82, 2.24) is 14.7 Å². The molecule has 0 bridgehead atoms. The first-order chi connectivity index (χ1) is 7.63. The number of aliphatic hydroxyl groups excluding tert-OH is 1. The molecule has 0 fully saturated rings. The van der Waals surface area contributed by atoms with Crippen LogP contribution in [0.25, 0.3) is 0 Å². The first-order valence-electron chi connectivity index (χ1n) is 5.77. The van der Waals surface area contributed by atoms with E-state index in [0.717, 1.165) is 26.1 Å². The molecular formula is C11H22N4O. The maximum absolute atomic E-state index is 8.82. The maximum Gasteiger partial charge on any atom is 0.145 e. The van der Waals surface area contributed by atoms with Gasteiger partial charge in [0.05, 0.1) is 6.54 Å². The van der Waals surface area contributed by atoms with E-state index in [-0.39, 0.29) is 6.61 Å². The fourth-order valence-electron chi connectivity index (χ4n) is 1.63. The van der Waals surface area contributed by atoms with E-state index < -0.39 is 0 Å². The van der Waals surface area contributed by atoms with Crippen LogP contribution >= 0.6 is 0 Å². The van der Waals surface area contributed by atoms with E-state index in [1.165, 1.54) is 0 Å². The maximum atomic E-state index is 8.82. The average molecular weight is 226 g/mol. The average Bonchev–Trinajstić information content (AvgIpc) is 2.64. The van der Waals surface area contributed by atoms with Crippen LogP contribution in [0, 0.1) is 0 Å². The highest BCUT2D eigenvalue weighted by Crippen LogP contribution is 2.02. The summed E-state index contributed by atoms with van der Waals surface area (Å²) in [5.41, 5.74) is 5.55. The van der Waals surface area contributed by atoms with Crippen LogP contribution in [-0.4, -0.2) is 45.5 Å². The van der Waals surface area contributed by atoms with Crippen molar-refractivity contribution in [2.75, 3.05) is 25.4 Å². The molecule has 0 spiro atoms. The quantitative estimate of drug-likeness (QED) is 0.713. The topological polar surface area (TPSA) is 67.3 Å². The Labute approximate surface area is 96.9 Å². The number of hydrogen-bond acceptors (Lipinski definition) is 4. The summed E-state index contributed by atoms with van der Waals surface area (Å²) in [6, 6.07) is 2.28. The van der Waals surface area contributed by atoms with Gasteiger partial charge in [0.1, 0.15) is 5.82 Å². The predicted molar refractivity (Wildman–Crippen MR) is 65.1 cm³/mol. The molecule has 5 heteroatoms. The lowest BCUT2D eigenvalue weighted by Crippen LogP contribution is -2.35. The number of aliphatic hydroxyl groups is 1. The summed E-state index contributed by atoms with van der Waals surface area (Å²) in [5, 5.41) is 13.0. The molecule has 1 rings (SSSR count). The molecule has 0 radical (unpaired) electrons. The molecule has 0 saturated carbocycles. The van der Waals surface area contributed by atoms with Gasteiger partial charge in [-0.15, -0.1) is 0 Å². The molecule has 0 aliphatic carbocycles. The van der Waals surface area contributed by atoms with Gasteiger partial charge >= 0.3 is 0 Å². The second-order valence-corrected chi connectivity index (χ2v) is 4.21. The number of nitrogens with zero attached hydrogens (tertiary/aromatic N) is 3. The number of hydrogen-bond donors (Lipinski definition) is 2. The Morgan fingerprint density at radius 2 is 2.25 bits per heavy atom. The molecule has 5 nitrogen and oxygen atoms in total. The second kappa shape index (κ2) is 6.50. The van der Waals surface area contributed by atoms with Crippen LogP contribution in [0.15, 0.2) is 12.3 Å².